The molecule has 8 nitrogen and oxygen atoms in total. The number of fused-ring (bicyclic) bond motifs is 1. The van der Waals surface area contributed by atoms with Crippen LogP contribution in [0.15, 0.2) is 83.5 Å². The molecular formula is C29H26ClFN4O4S. The first-order valence-corrected chi connectivity index (χ1v) is 14.1. The average Bonchev–Trinajstić information content (AvgIpc) is 3.45. The number of ether oxygens (including phenoxy) is 1. The molecule has 0 bridgehead atoms. The van der Waals surface area contributed by atoms with Crippen LogP contribution in [0.5, 0.6) is 5.75 Å². The number of benzene rings is 3. The van der Waals surface area contributed by atoms with Crippen molar-refractivity contribution in [3.63, 3.8) is 0 Å². The minimum atomic E-state index is -4.13. The second-order valence-electron chi connectivity index (χ2n) is 8.76. The Balaban J connectivity index is 1.30. The summed E-state index contributed by atoms with van der Waals surface area (Å²) in [4.78, 5) is 8.72. The quantitative estimate of drug-likeness (QED) is 0.191. The van der Waals surface area contributed by atoms with Crippen LogP contribution in [0.3, 0.4) is 0 Å². The number of nitrogens with zero attached hydrogens (tertiary/aromatic N) is 2. The van der Waals surface area contributed by atoms with Gasteiger partial charge in [0, 0.05) is 33.5 Å². The lowest BCUT2D eigenvalue weighted by molar-refractivity contribution is 0.306. The third kappa shape index (κ3) is 7.15. The van der Waals surface area contributed by atoms with Crippen molar-refractivity contribution in [3.05, 3.63) is 101 Å². The van der Waals surface area contributed by atoms with E-state index in [1.807, 2.05) is 12.1 Å². The zero-order valence-corrected chi connectivity index (χ0v) is 22.5. The van der Waals surface area contributed by atoms with Crippen molar-refractivity contribution < 1.29 is 27.5 Å². The normalized spacial score (nSPS) is 14.0. The third-order valence-corrected chi connectivity index (χ3v) is 6.65. The second kappa shape index (κ2) is 12.0. The van der Waals surface area contributed by atoms with E-state index in [2.05, 4.69) is 15.3 Å². The molecule has 0 amide bonds. The molecule has 0 saturated heterocycles. The summed E-state index contributed by atoms with van der Waals surface area (Å²) in [5.74, 6) is 0.590. The Morgan fingerprint density at radius 3 is 2.85 bits per heavy atom. The second-order valence-corrected chi connectivity index (χ2v) is 10.8. The van der Waals surface area contributed by atoms with Crippen LogP contribution in [0.4, 0.5) is 15.9 Å². The predicted molar refractivity (Wildman–Crippen MR) is 154 cm³/mol. The lowest BCUT2D eigenvalue weighted by atomic mass is 10.1. The van der Waals surface area contributed by atoms with Crippen molar-refractivity contribution in [1.82, 2.24) is 15.3 Å². The van der Waals surface area contributed by atoms with Crippen molar-refractivity contribution in [1.29, 1.82) is 0 Å². The van der Waals surface area contributed by atoms with Crippen LogP contribution in [0.25, 0.3) is 22.2 Å². The van der Waals surface area contributed by atoms with Crippen LogP contribution >= 0.6 is 11.6 Å². The molecule has 3 aromatic carbocycles. The molecule has 0 aliphatic rings. The van der Waals surface area contributed by atoms with E-state index in [4.69, 9.17) is 26.3 Å². The topological polar surface area (TPSA) is 106 Å². The lowest BCUT2D eigenvalue weighted by Gasteiger charge is -2.12. The summed E-state index contributed by atoms with van der Waals surface area (Å²) >= 11 is 6.46. The maximum atomic E-state index is 13.5. The lowest BCUT2D eigenvalue weighted by Crippen LogP contribution is -2.21. The fourth-order valence-corrected chi connectivity index (χ4v) is 4.41. The van der Waals surface area contributed by atoms with Gasteiger partial charge in [-0.05, 0) is 66.2 Å². The molecule has 0 radical (unpaired) electrons. The third-order valence-electron chi connectivity index (χ3n) is 5.74. The Hall–Kier alpha value is -3.99. The monoisotopic (exact) mass is 584 g/mol. The number of hydrogen-bond donors (Lipinski definition) is 2. The predicted octanol–water partition coefficient (Wildman–Crippen LogP) is 6.14. The van der Waals surface area contributed by atoms with Gasteiger partial charge in [0.1, 0.15) is 53.1 Å². The standard InChI is InChI=1S/C29H26ClFN4O4S/c1-40(36,37)12-11-32-16-23-7-10-27(39-23)20-5-8-26-24(14-20)29(34-18-33-26)35-22-6-9-28(25(30)15-22)38-17-19-3-2-4-21(31)13-19/h2-10,13-15,18,32H,11-12,16-17H2,1H3,(H,33,34,35)/i1D2,11D/hD. The minimum absolute atomic E-state index is 0.155. The number of anilines is 2. The molecule has 40 heavy (non-hydrogen) atoms. The van der Waals surface area contributed by atoms with Gasteiger partial charge in [0.2, 0.25) is 0 Å². The molecule has 0 aliphatic heterocycles. The van der Waals surface area contributed by atoms with E-state index in [-0.39, 0.29) is 19.0 Å². The van der Waals surface area contributed by atoms with Crippen LogP contribution < -0.4 is 15.4 Å². The average molecular weight is 585 g/mol. The first kappa shape index (κ1) is 22.8. The number of halogens is 2. The van der Waals surface area contributed by atoms with Crippen molar-refractivity contribution in [2.24, 2.45) is 0 Å². The molecule has 11 heteroatoms. The highest BCUT2D eigenvalue weighted by Gasteiger charge is 2.11. The molecule has 1 atom stereocenters. The highest BCUT2D eigenvalue weighted by molar-refractivity contribution is 7.90. The smallest absolute Gasteiger partial charge is 0.148 e. The van der Waals surface area contributed by atoms with Crippen molar-refractivity contribution >= 4 is 43.8 Å². The Bertz CT molecular complexity index is 1900. The Labute approximate surface area is 241 Å². The van der Waals surface area contributed by atoms with E-state index >= 15 is 0 Å². The summed E-state index contributed by atoms with van der Waals surface area (Å²) in [5.41, 5.74) is 2.67. The molecule has 5 aromatic rings. The van der Waals surface area contributed by atoms with Crippen molar-refractivity contribution in [2.45, 2.75) is 13.2 Å². The molecule has 0 saturated carbocycles. The molecule has 0 aliphatic carbocycles. The number of hydrogen-bond acceptors (Lipinski definition) is 8. The zero-order valence-electron chi connectivity index (χ0n) is 24.9. The number of aromatic nitrogens is 2. The molecule has 2 heterocycles. The summed E-state index contributed by atoms with van der Waals surface area (Å²) in [7, 11) is -4.13. The Morgan fingerprint density at radius 2 is 2.02 bits per heavy atom. The summed E-state index contributed by atoms with van der Waals surface area (Å²) in [6.07, 6.45) is -0.684. The maximum Gasteiger partial charge on any atom is 0.148 e. The van der Waals surface area contributed by atoms with Gasteiger partial charge in [0.25, 0.3) is 0 Å². The highest BCUT2D eigenvalue weighted by Crippen LogP contribution is 2.32. The van der Waals surface area contributed by atoms with E-state index in [9.17, 15) is 12.8 Å². The van der Waals surface area contributed by atoms with Gasteiger partial charge in [-0.3, -0.25) is 0 Å². The fourth-order valence-electron chi connectivity index (χ4n) is 3.86. The van der Waals surface area contributed by atoms with Gasteiger partial charge >= 0.3 is 0 Å². The number of sulfone groups is 1. The van der Waals surface area contributed by atoms with Crippen molar-refractivity contribution in [2.75, 3.05) is 23.8 Å². The highest BCUT2D eigenvalue weighted by atomic mass is 35.5. The van der Waals surface area contributed by atoms with E-state index in [1.165, 1.54) is 18.5 Å². The Morgan fingerprint density at radius 1 is 1.12 bits per heavy atom. The zero-order chi connectivity index (χ0) is 31.4. The van der Waals surface area contributed by atoms with Crippen LogP contribution in [0.2, 0.25) is 6.43 Å². The SMILES string of the molecule is [2H]C(CS(=O)(=O)C([2H])[2H])N([2H])Cc1ccc(-c2ccc3ncnc(Nc4ccc(OCc5cccc(F)c5)c(Cl)c4)c3c2)o1. The molecule has 206 valence electrons. The number of nitrogens with one attached hydrogen (secondary N) is 2. The maximum absolute atomic E-state index is 13.5. The fraction of sp³-hybridized carbons (Fsp3) is 0.172. The Kier molecular flexibility index (Phi) is 6.86. The summed E-state index contributed by atoms with van der Waals surface area (Å²) < 4.78 is 78.8. The minimum Gasteiger partial charge on any atom is -0.487 e. The van der Waals surface area contributed by atoms with E-state index < -0.39 is 28.3 Å². The van der Waals surface area contributed by atoms with E-state index in [0.717, 1.165) is 5.31 Å². The molecule has 0 spiro atoms. The molecule has 2 N–H and O–H groups in total. The molecule has 0 fully saturated rings. The molecule has 1 unspecified atom stereocenters. The molecule has 2 aromatic heterocycles. The largest absolute Gasteiger partial charge is 0.487 e. The van der Waals surface area contributed by atoms with Gasteiger partial charge in [-0.1, -0.05) is 23.7 Å². The van der Waals surface area contributed by atoms with E-state index in [1.54, 1.807) is 48.5 Å². The van der Waals surface area contributed by atoms with Gasteiger partial charge in [-0.2, -0.15) is 0 Å². The van der Waals surface area contributed by atoms with E-state index in [0.29, 0.717) is 55.8 Å². The van der Waals surface area contributed by atoms with Gasteiger partial charge in [-0.15, -0.1) is 0 Å². The number of rotatable bonds is 11. The summed E-state index contributed by atoms with van der Waals surface area (Å²) in [6.45, 7) is -1.50. The van der Waals surface area contributed by atoms with Gasteiger partial charge < -0.3 is 19.8 Å². The van der Waals surface area contributed by atoms with Crippen molar-refractivity contribution in [3.8, 4) is 17.1 Å². The van der Waals surface area contributed by atoms with Crippen LogP contribution in [-0.2, 0) is 23.0 Å². The molecular weight excluding hydrogens is 555 g/mol. The first-order chi connectivity index (χ1) is 21.0. The van der Waals surface area contributed by atoms with Crippen LogP contribution in [0, 0.1) is 5.82 Å². The van der Waals surface area contributed by atoms with Gasteiger partial charge in [0.05, 0.1) is 22.8 Å². The summed E-state index contributed by atoms with van der Waals surface area (Å²) in [6, 6.07) is 20.1. The number of furan rings is 1. The molecule has 5 rings (SSSR count). The van der Waals surface area contributed by atoms with Crippen LogP contribution in [-0.4, -0.2) is 36.9 Å². The summed E-state index contributed by atoms with van der Waals surface area (Å²) in [5, 5.41) is 5.00. The van der Waals surface area contributed by atoms with Gasteiger partial charge in [0.15, 0.2) is 0 Å². The first-order valence-electron chi connectivity index (χ1n) is 14.2. The van der Waals surface area contributed by atoms with Gasteiger partial charge in [-0.25, -0.2) is 22.8 Å². The van der Waals surface area contributed by atoms with Crippen LogP contribution in [0.1, 0.15) is 15.4 Å².